The quantitative estimate of drug-likeness (QED) is 0.569. The summed E-state index contributed by atoms with van der Waals surface area (Å²) in [6.07, 6.45) is 10.2. The van der Waals surface area contributed by atoms with Crippen molar-refractivity contribution < 1.29 is 19.1 Å². The fraction of sp³-hybridized carbons (Fsp3) is 0.409. The van der Waals surface area contributed by atoms with E-state index in [9.17, 15) is 14.4 Å². The first kappa shape index (κ1) is 23.6. The molecule has 29 heavy (non-hydrogen) atoms. The minimum Gasteiger partial charge on any atom is -0.444 e. The van der Waals surface area contributed by atoms with Crippen molar-refractivity contribution in [2.24, 2.45) is 0 Å². The summed E-state index contributed by atoms with van der Waals surface area (Å²) in [6, 6.07) is 7.59. The number of benzene rings is 1. The van der Waals surface area contributed by atoms with Crippen LogP contribution in [-0.2, 0) is 14.3 Å². The lowest BCUT2D eigenvalue weighted by Crippen LogP contribution is -2.46. The number of amides is 3. The van der Waals surface area contributed by atoms with E-state index in [1.807, 2.05) is 0 Å². The van der Waals surface area contributed by atoms with Crippen LogP contribution in [0.1, 0.15) is 51.8 Å². The summed E-state index contributed by atoms with van der Waals surface area (Å²) in [5.74, 6) is 1.41. The molecule has 7 nitrogen and oxygen atoms in total. The maximum absolute atomic E-state index is 12.8. The van der Waals surface area contributed by atoms with Crippen LogP contribution in [0.5, 0.6) is 0 Å². The lowest BCUT2D eigenvalue weighted by Gasteiger charge is -2.27. The number of terminal acetylenes is 2. The second kappa shape index (κ2) is 10.2. The van der Waals surface area contributed by atoms with Crippen LogP contribution in [0, 0.1) is 24.8 Å². The van der Waals surface area contributed by atoms with Crippen molar-refractivity contribution in [3.8, 4) is 24.8 Å². The molecule has 0 aromatic heterocycles. The smallest absolute Gasteiger partial charge is 0.408 e. The number of nitrogens with one attached hydrogen (secondary N) is 2. The Labute approximate surface area is 172 Å². The van der Waals surface area contributed by atoms with E-state index in [1.165, 1.54) is 0 Å². The van der Waals surface area contributed by atoms with Gasteiger partial charge >= 0.3 is 6.09 Å². The molecule has 1 atom stereocenters. The molecule has 0 spiro atoms. The molecule has 1 aromatic carbocycles. The van der Waals surface area contributed by atoms with Crippen LogP contribution in [0.3, 0.4) is 0 Å². The van der Waals surface area contributed by atoms with Gasteiger partial charge in [-0.1, -0.05) is 24.5 Å². The van der Waals surface area contributed by atoms with E-state index in [0.29, 0.717) is 11.1 Å². The van der Waals surface area contributed by atoms with Gasteiger partial charge in [0.05, 0.1) is 0 Å². The van der Waals surface area contributed by atoms with E-state index < -0.39 is 36.1 Å². The van der Waals surface area contributed by atoms with Crippen molar-refractivity contribution in [1.82, 2.24) is 15.5 Å². The van der Waals surface area contributed by atoms with Gasteiger partial charge in [0, 0.05) is 17.6 Å². The van der Waals surface area contributed by atoms with Crippen molar-refractivity contribution in [3.63, 3.8) is 0 Å². The molecule has 2 N–H and O–H groups in total. The minimum absolute atomic E-state index is 0.162. The molecule has 0 fully saturated rings. The summed E-state index contributed by atoms with van der Waals surface area (Å²) in [6.45, 7) is 8.27. The van der Waals surface area contributed by atoms with Crippen LogP contribution < -0.4 is 10.6 Å². The third kappa shape index (κ3) is 7.59. The number of carbonyl (C=O) groups is 3. The Kier molecular flexibility index (Phi) is 8.29. The summed E-state index contributed by atoms with van der Waals surface area (Å²) in [5.41, 5.74) is 0.407. The van der Waals surface area contributed by atoms with E-state index in [2.05, 4.69) is 22.6 Å². The Morgan fingerprint density at radius 1 is 1.14 bits per heavy atom. The minimum atomic E-state index is -1.08. The summed E-state index contributed by atoms with van der Waals surface area (Å²) in [7, 11) is 0. The molecule has 1 rings (SSSR count). The number of ether oxygens (including phenoxy) is 1. The number of nitrogens with zero attached hydrogens (tertiary/aromatic N) is 1. The van der Waals surface area contributed by atoms with Crippen LogP contribution in [0.4, 0.5) is 4.79 Å². The van der Waals surface area contributed by atoms with Crippen molar-refractivity contribution in [3.05, 3.63) is 35.4 Å². The van der Waals surface area contributed by atoms with Gasteiger partial charge in [-0.3, -0.25) is 14.5 Å². The molecule has 0 radical (unpaired) electrons. The number of alkyl carbamates (subject to hydrolysis) is 1. The largest absolute Gasteiger partial charge is 0.444 e. The van der Waals surface area contributed by atoms with Gasteiger partial charge in [0.25, 0.3) is 5.91 Å². The van der Waals surface area contributed by atoms with Gasteiger partial charge < -0.3 is 15.4 Å². The van der Waals surface area contributed by atoms with Gasteiger partial charge in [0.2, 0.25) is 5.91 Å². The van der Waals surface area contributed by atoms with Gasteiger partial charge in [-0.25, -0.2) is 4.79 Å². The Balaban J connectivity index is 3.08. The number of hydrogen-bond donors (Lipinski definition) is 2. The summed E-state index contributed by atoms with van der Waals surface area (Å²) >= 11 is 0. The zero-order chi connectivity index (χ0) is 22.2. The predicted molar refractivity (Wildman–Crippen MR) is 110 cm³/mol. The van der Waals surface area contributed by atoms with E-state index in [-0.39, 0.29) is 6.04 Å². The number of hydrogen-bond acceptors (Lipinski definition) is 4. The molecule has 1 unspecified atom stereocenters. The van der Waals surface area contributed by atoms with Crippen LogP contribution >= 0.6 is 0 Å². The van der Waals surface area contributed by atoms with Gasteiger partial charge in [0.15, 0.2) is 0 Å². The predicted octanol–water partition coefficient (Wildman–Crippen LogP) is 2.18. The lowest BCUT2D eigenvalue weighted by molar-refractivity contribution is -0.136. The average molecular weight is 397 g/mol. The molecule has 0 aliphatic rings. The third-order valence-corrected chi connectivity index (χ3v) is 3.52. The highest BCUT2D eigenvalue weighted by atomic mass is 16.6. The summed E-state index contributed by atoms with van der Waals surface area (Å²) in [4.78, 5) is 38.2. The molecule has 3 amide bonds. The number of rotatable bonds is 6. The SMILES string of the molecule is C#Cc1ccc(C(C(=O)NC(C)C)N(C#C)C(=O)CNC(=O)OC(C)(C)C)cc1. The zero-order valence-electron chi connectivity index (χ0n) is 17.4. The second-order valence-corrected chi connectivity index (χ2v) is 7.58. The number of carbonyl (C=O) groups excluding carboxylic acids is 3. The topological polar surface area (TPSA) is 87.7 Å². The highest BCUT2D eigenvalue weighted by Crippen LogP contribution is 2.22. The molecule has 0 saturated heterocycles. The molecule has 0 bridgehead atoms. The van der Waals surface area contributed by atoms with Gasteiger partial charge in [0.1, 0.15) is 18.2 Å². The third-order valence-electron chi connectivity index (χ3n) is 3.52. The van der Waals surface area contributed by atoms with E-state index in [0.717, 1.165) is 4.90 Å². The van der Waals surface area contributed by atoms with Crippen molar-refractivity contribution in [2.45, 2.75) is 52.3 Å². The van der Waals surface area contributed by atoms with Crippen molar-refractivity contribution >= 4 is 17.9 Å². The molecule has 1 aromatic rings. The van der Waals surface area contributed by atoms with Gasteiger partial charge in [-0.15, -0.1) is 6.42 Å². The normalized spacial score (nSPS) is 11.6. The molecule has 154 valence electrons. The van der Waals surface area contributed by atoms with Crippen LogP contribution in [0.2, 0.25) is 0 Å². The molecular weight excluding hydrogens is 370 g/mol. The monoisotopic (exact) mass is 397 g/mol. The zero-order valence-corrected chi connectivity index (χ0v) is 17.4. The Morgan fingerprint density at radius 3 is 2.17 bits per heavy atom. The fourth-order valence-electron chi connectivity index (χ4n) is 2.38. The maximum atomic E-state index is 12.8. The van der Waals surface area contributed by atoms with Crippen molar-refractivity contribution in [1.29, 1.82) is 0 Å². The summed E-state index contributed by atoms with van der Waals surface area (Å²) in [5, 5.41) is 5.11. The summed E-state index contributed by atoms with van der Waals surface area (Å²) < 4.78 is 5.10. The molecular formula is C22H27N3O4. The van der Waals surface area contributed by atoms with Crippen molar-refractivity contribution in [2.75, 3.05) is 6.54 Å². The van der Waals surface area contributed by atoms with Gasteiger partial charge in [-0.2, -0.15) is 0 Å². The Bertz CT molecular complexity index is 824. The Hall–Kier alpha value is -3.45. The van der Waals surface area contributed by atoms with Crippen LogP contribution in [0.25, 0.3) is 0 Å². The van der Waals surface area contributed by atoms with Crippen LogP contribution in [0.15, 0.2) is 24.3 Å². The van der Waals surface area contributed by atoms with E-state index in [4.69, 9.17) is 17.6 Å². The molecule has 0 heterocycles. The fourth-order valence-corrected chi connectivity index (χ4v) is 2.38. The van der Waals surface area contributed by atoms with Gasteiger partial charge in [-0.05, 0) is 52.3 Å². The Morgan fingerprint density at radius 2 is 1.72 bits per heavy atom. The first-order valence-electron chi connectivity index (χ1n) is 9.10. The second-order valence-electron chi connectivity index (χ2n) is 7.58. The molecule has 7 heteroatoms. The first-order chi connectivity index (χ1) is 13.5. The van der Waals surface area contributed by atoms with E-state index in [1.54, 1.807) is 58.9 Å². The molecule has 0 aliphatic heterocycles. The lowest BCUT2D eigenvalue weighted by atomic mass is 10.0. The van der Waals surface area contributed by atoms with E-state index >= 15 is 0 Å². The maximum Gasteiger partial charge on any atom is 0.408 e. The average Bonchev–Trinajstić information content (AvgIpc) is 2.62. The molecule has 0 saturated carbocycles. The highest BCUT2D eigenvalue weighted by molar-refractivity contribution is 5.91. The highest BCUT2D eigenvalue weighted by Gasteiger charge is 2.31. The molecule has 0 aliphatic carbocycles. The van der Waals surface area contributed by atoms with Crippen LogP contribution in [-0.4, -0.2) is 41.0 Å². The first-order valence-corrected chi connectivity index (χ1v) is 9.10. The standard InChI is InChI=1S/C22H27N3O4/c1-8-16-10-12-17(13-11-16)19(20(27)24-15(3)4)25(9-2)18(26)14-23-21(28)29-22(5,6)7/h1-2,10-13,15,19H,14H2,3-7H3,(H,23,28)(H,24,27).